The fourth-order valence-corrected chi connectivity index (χ4v) is 3.98. The van der Waals surface area contributed by atoms with Gasteiger partial charge in [0.25, 0.3) is 0 Å². The zero-order valence-corrected chi connectivity index (χ0v) is 18.1. The number of rotatable bonds is 5. The Bertz CT molecular complexity index is 1420. The van der Waals surface area contributed by atoms with Crippen LogP contribution in [0.1, 0.15) is 11.1 Å². The molecule has 3 heteroatoms. The molecule has 0 amide bonds. The summed E-state index contributed by atoms with van der Waals surface area (Å²) < 4.78 is 10.6. The number of fused-ring (bicyclic) bond motifs is 3. The maximum absolute atomic E-state index is 5.31. The number of methoxy groups -OCH3 is 2. The molecule has 0 spiro atoms. The molecule has 0 unspecified atom stereocenters. The van der Waals surface area contributed by atoms with E-state index in [0.29, 0.717) is 0 Å². The van der Waals surface area contributed by atoms with Crippen molar-refractivity contribution in [2.24, 2.45) is 0 Å². The van der Waals surface area contributed by atoms with Crippen molar-refractivity contribution in [2.45, 2.75) is 0 Å². The van der Waals surface area contributed by atoms with Crippen LogP contribution in [0.25, 0.3) is 45.1 Å². The molecule has 1 heterocycles. The third-order valence-corrected chi connectivity index (χ3v) is 5.69. The van der Waals surface area contributed by atoms with E-state index in [-0.39, 0.29) is 0 Å². The van der Waals surface area contributed by atoms with Gasteiger partial charge in [0, 0.05) is 10.9 Å². The second kappa shape index (κ2) is 8.56. The lowest BCUT2D eigenvalue weighted by atomic mass is 9.98. The van der Waals surface area contributed by atoms with Gasteiger partial charge in [-0.2, -0.15) is 0 Å². The average molecular weight is 418 g/mol. The van der Waals surface area contributed by atoms with Crippen molar-refractivity contribution in [1.82, 2.24) is 4.98 Å². The van der Waals surface area contributed by atoms with Crippen molar-refractivity contribution in [1.29, 1.82) is 0 Å². The number of aromatic nitrogens is 1. The van der Waals surface area contributed by atoms with Crippen LogP contribution in [0.3, 0.4) is 0 Å². The van der Waals surface area contributed by atoms with Gasteiger partial charge in [-0.15, -0.1) is 0 Å². The van der Waals surface area contributed by atoms with E-state index in [0.717, 1.165) is 44.8 Å². The molecule has 0 radical (unpaired) electrons. The Morgan fingerprint density at radius 1 is 0.688 bits per heavy atom. The van der Waals surface area contributed by atoms with Crippen LogP contribution in [0.4, 0.5) is 0 Å². The summed E-state index contributed by atoms with van der Waals surface area (Å²) in [6, 6.07) is 31.0. The topological polar surface area (TPSA) is 31.4 Å². The van der Waals surface area contributed by atoms with Crippen molar-refractivity contribution in [3.63, 3.8) is 0 Å². The van der Waals surface area contributed by atoms with E-state index < -0.39 is 0 Å². The molecular weight excluding hydrogens is 394 g/mol. The summed E-state index contributed by atoms with van der Waals surface area (Å²) in [5.41, 5.74) is 5.21. The Balaban J connectivity index is 1.69. The van der Waals surface area contributed by atoms with Crippen LogP contribution in [0.2, 0.25) is 0 Å². The minimum Gasteiger partial charge on any atom is -0.497 e. The highest BCUT2D eigenvalue weighted by atomic mass is 16.5. The zero-order chi connectivity index (χ0) is 21.9. The minimum absolute atomic E-state index is 0.833. The van der Waals surface area contributed by atoms with Gasteiger partial charge in [-0.1, -0.05) is 54.6 Å². The first kappa shape index (κ1) is 19.8. The molecule has 0 N–H and O–H groups in total. The van der Waals surface area contributed by atoms with Crippen molar-refractivity contribution in [2.75, 3.05) is 14.2 Å². The average Bonchev–Trinajstić information content (AvgIpc) is 2.87. The van der Waals surface area contributed by atoms with Crippen LogP contribution < -0.4 is 9.47 Å². The smallest absolute Gasteiger partial charge is 0.118 e. The maximum atomic E-state index is 5.31. The van der Waals surface area contributed by atoms with Gasteiger partial charge in [-0.05, 0) is 70.4 Å². The Kier molecular flexibility index (Phi) is 5.30. The predicted molar refractivity (Wildman–Crippen MR) is 133 cm³/mol. The molecule has 156 valence electrons. The minimum atomic E-state index is 0.833. The third kappa shape index (κ3) is 3.81. The van der Waals surface area contributed by atoms with Gasteiger partial charge in [-0.3, -0.25) is 0 Å². The summed E-state index contributed by atoms with van der Waals surface area (Å²) in [7, 11) is 3.36. The van der Waals surface area contributed by atoms with Crippen molar-refractivity contribution in [3.8, 4) is 22.8 Å². The molecule has 0 aliphatic heterocycles. The van der Waals surface area contributed by atoms with Crippen LogP contribution in [-0.4, -0.2) is 19.2 Å². The van der Waals surface area contributed by atoms with E-state index in [9.17, 15) is 0 Å². The summed E-state index contributed by atoms with van der Waals surface area (Å²) in [6.07, 6.45) is 4.30. The molecule has 1 aromatic heterocycles. The Morgan fingerprint density at radius 2 is 1.38 bits per heavy atom. The number of nitrogens with zero attached hydrogens (tertiary/aromatic N) is 1. The van der Waals surface area contributed by atoms with E-state index in [2.05, 4.69) is 66.7 Å². The first-order valence-corrected chi connectivity index (χ1v) is 10.5. The standard InChI is InChI=1S/C29H23NO2/c1-31-24-14-8-20(9-15-24)7-10-23-19-28(22-11-16-25(32-2)17-12-22)30-27-18-13-21-5-3-4-6-26(21)29(23)27/h3-19H,1-2H3. The Morgan fingerprint density at radius 3 is 2.09 bits per heavy atom. The Labute approximate surface area is 187 Å². The van der Waals surface area contributed by atoms with Gasteiger partial charge in [0.05, 0.1) is 25.4 Å². The second-order valence-corrected chi connectivity index (χ2v) is 7.61. The summed E-state index contributed by atoms with van der Waals surface area (Å²) >= 11 is 0. The first-order valence-electron chi connectivity index (χ1n) is 10.5. The number of pyridine rings is 1. The van der Waals surface area contributed by atoms with Crippen molar-refractivity contribution >= 4 is 33.8 Å². The van der Waals surface area contributed by atoms with Crippen LogP contribution in [0.5, 0.6) is 11.5 Å². The van der Waals surface area contributed by atoms with Crippen LogP contribution >= 0.6 is 0 Å². The van der Waals surface area contributed by atoms with E-state index in [1.165, 1.54) is 10.8 Å². The number of hydrogen-bond donors (Lipinski definition) is 0. The van der Waals surface area contributed by atoms with E-state index in [1.54, 1.807) is 14.2 Å². The van der Waals surface area contributed by atoms with Crippen molar-refractivity contribution < 1.29 is 9.47 Å². The highest BCUT2D eigenvalue weighted by Crippen LogP contribution is 2.32. The molecule has 5 rings (SSSR count). The lowest BCUT2D eigenvalue weighted by Gasteiger charge is -2.11. The number of hydrogen-bond acceptors (Lipinski definition) is 3. The lowest BCUT2D eigenvalue weighted by Crippen LogP contribution is -1.91. The molecule has 3 nitrogen and oxygen atoms in total. The normalized spacial score (nSPS) is 11.3. The highest BCUT2D eigenvalue weighted by Gasteiger charge is 2.10. The molecule has 0 aliphatic rings. The Hall–Kier alpha value is -4.11. The SMILES string of the molecule is COc1ccc(C=Cc2cc(-c3ccc(OC)cc3)nc3ccc4ccccc4c23)cc1. The highest BCUT2D eigenvalue weighted by molar-refractivity contribution is 6.11. The van der Waals surface area contributed by atoms with Gasteiger partial charge in [0.2, 0.25) is 0 Å². The number of benzene rings is 4. The van der Waals surface area contributed by atoms with Gasteiger partial charge in [0.15, 0.2) is 0 Å². The number of ether oxygens (including phenoxy) is 2. The lowest BCUT2D eigenvalue weighted by molar-refractivity contribution is 0.414. The van der Waals surface area contributed by atoms with Gasteiger partial charge in [-0.25, -0.2) is 4.98 Å². The van der Waals surface area contributed by atoms with E-state index >= 15 is 0 Å². The molecule has 0 saturated heterocycles. The predicted octanol–water partition coefficient (Wildman–Crippen LogP) is 7.24. The molecule has 4 aromatic carbocycles. The fourth-order valence-electron chi connectivity index (χ4n) is 3.98. The second-order valence-electron chi connectivity index (χ2n) is 7.61. The first-order chi connectivity index (χ1) is 15.7. The summed E-state index contributed by atoms with van der Waals surface area (Å²) in [6.45, 7) is 0. The molecular formula is C29H23NO2. The molecule has 5 aromatic rings. The largest absolute Gasteiger partial charge is 0.497 e. The molecule has 0 bridgehead atoms. The van der Waals surface area contributed by atoms with Crippen molar-refractivity contribution in [3.05, 3.63) is 102 Å². The molecule has 0 saturated carbocycles. The zero-order valence-electron chi connectivity index (χ0n) is 18.1. The van der Waals surface area contributed by atoms with E-state index in [1.807, 2.05) is 36.4 Å². The monoisotopic (exact) mass is 417 g/mol. The summed E-state index contributed by atoms with van der Waals surface area (Å²) in [5, 5.41) is 3.57. The van der Waals surface area contributed by atoms with Gasteiger partial charge < -0.3 is 9.47 Å². The van der Waals surface area contributed by atoms with E-state index in [4.69, 9.17) is 14.5 Å². The fraction of sp³-hybridized carbons (Fsp3) is 0.0690. The maximum Gasteiger partial charge on any atom is 0.118 e. The van der Waals surface area contributed by atoms with Gasteiger partial charge >= 0.3 is 0 Å². The van der Waals surface area contributed by atoms with Gasteiger partial charge in [0.1, 0.15) is 11.5 Å². The molecule has 0 atom stereocenters. The van der Waals surface area contributed by atoms with Crippen LogP contribution in [0, 0.1) is 0 Å². The van der Waals surface area contributed by atoms with Crippen LogP contribution in [-0.2, 0) is 0 Å². The molecule has 32 heavy (non-hydrogen) atoms. The quantitative estimate of drug-likeness (QED) is 0.282. The summed E-state index contributed by atoms with van der Waals surface area (Å²) in [4.78, 5) is 5.00. The van der Waals surface area contributed by atoms with Crippen LogP contribution in [0.15, 0.2) is 91.0 Å². The third-order valence-electron chi connectivity index (χ3n) is 5.69. The summed E-state index contributed by atoms with van der Waals surface area (Å²) in [5.74, 6) is 1.68. The molecule has 0 fully saturated rings. The molecule has 0 aliphatic carbocycles.